The Hall–Kier alpha value is -2.42. The summed E-state index contributed by atoms with van der Waals surface area (Å²) in [5.74, 6) is -0.0747. The molecule has 1 unspecified atom stereocenters. The zero-order valence-electron chi connectivity index (χ0n) is 17.0. The third kappa shape index (κ3) is 6.55. The lowest BCUT2D eigenvalue weighted by Crippen LogP contribution is -2.35. The number of nitrogens with zero attached hydrogens (tertiary/aromatic N) is 2. The Morgan fingerprint density at radius 3 is 2.37 bits per heavy atom. The fraction of sp³-hybridized carbons (Fsp3) is 0.409. The Morgan fingerprint density at radius 1 is 1.17 bits per heavy atom. The number of nitro groups is 1. The second-order valence-corrected chi connectivity index (χ2v) is 8.97. The van der Waals surface area contributed by atoms with Crippen LogP contribution in [0.4, 0.5) is 5.69 Å². The smallest absolute Gasteiger partial charge is 0.269 e. The highest BCUT2D eigenvalue weighted by Crippen LogP contribution is 2.25. The van der Waals surface area contributed by atoms with Gasteiger partial charge in [0.1, 0.15) is 0 Å². The van der Waals surface area contributed by atoms with E-state index in [4.69, 9.17) is 0 Å². The van der Waals surface area contributed by atoms with Gasteiger partial charge in [0.05, 0.1) is 16.3 Å². The number of piperidine rings is 1. The number of nitrogens with one attached hydrogen (secondary N) is 1. The maximum Gasteiger partial charge on any atom is 0.269 e. The lowest BCUT2D eigenvalue weighted by atomic mass is 10.1. The minimum atomic E-state index is -0.438. The topological polar surface area (TPSA) is 95.7 Å². The van der Waals surface area contributed by atoms with Gasteiger partial charge in [-0.2, -0.15) is 0 Å². The molecule has 0 spiro atoms. The molecule has 1 saturated heterocycles. The normalized spacial score (nSPS) is 16.2. The molecule has 30 heavy (non-hydrogen) atoms. The van der Waals surface area contributed by atoms with Crippen molar-refractivity contribution in [3.8, 4) is 0 Å². The number of nitro benzene ring substituents is 1. The van der Waals surface area contributed by atoms with Crippen molar-refractivity contribution in [2.75, 3.05) is 13.1 Å². The minimum Gasteiger partial charge on any atom is -0.393 e. The lowest BCUT2D eigenvalue weighted by Gasteiger charge is -2.29. The molecule has 160 valence electrons. The van der Waals surface area contributed by atoms with Crippen molar-refractivity contribution < 1.29 is 14.8 Å². The second-order valence-electron chi connectivity index (χ2n) is 7.55. The van der Waals surface area contributed by atoms with E-state index in [0.29, 0.717) is 6.54 Å². The molecule has 1 aliphatic rings. The van der Waals surface area contributed by atoms with E-state index in [-0.39, 0.29) is 22.9 Å². The number of benzene rings is 2. The summed E-state index contributed by atoms with van der Waals surface area (Å²) in [6, 6.07) is 14.4. The van der Waals surface area contributed by atoms with Crippen molar-refractivity contribution in [2.45, 2.75) is 49.1 Å². The van der Waals surface area contributed by atoms with E-state index in [1.807, 2.05) is 19.1 Å². The van der Waals surface area contributed by atoms with Crippen LogP contribution in [0.3, 0.4) is 0 Å². The minimum absolute atomic E-state index is 0.0396. The summed E-state index contributed by atoms with van der Waals surface area (Å²) in [6.07, 6.45) is 1.51. The number of rotatable bonds is 8. The van der Waals surface area contributed by atoms with Gasteiger partial charge in [0.25, 0.3) is 5.69 Å². The number of hydrogen-bond donors (Lipinski definition) is 2. The van der Waals surface area contributed by atoms with Gasteiger partial charge in [-0.25, -0.2) is 0 Å². The van der Waals surface area contributed by atoms with E-state index in [0.717, 1.165) is 42.9 Å². The highest BCUT2D eigenvalue weighted by atomic mass is 32.2. The molecule has 8 heteroatoms. The first-order valence-electron chi connectivity index (χ1n) is 10.1. The summed E-state index contributed by atoms with van der Waals surface area (Å²) >= 11 is 1.37. The van der Waals surface area contributed by atoms with Crippen LogP contribution in [0.5, 0.6) is 0 Å². The largest absolute Gasteiger partial charge is 0.393 e. The van der Waals surface area contributed by atoms with E-state index in [1.165, 1.54) is 29.5 Å². The van der Waals surface area contributed by atoms with Crippen molar-refractivity contribution in [1.29, 1.82) is 0 Å². The number of aliphatic hydroxyl groups excluding tert-OH is 1. The quantitative estimate of drug-likeness (QED) is 0.380. The SMILES string of the molecule is CC(Sc1ccc([N+](=O)[O-])cc1)C(=O)NCc1ccc(CN2CCC(O)CC2)cc1. The van der Waals surface area contributed by atoms with Gasteiger partial charge in [0.15, 0.2) is 0 Å². The van der Waals surface area contributed by atoms with Crippen LogP contribution in [-0.2, 0) is 17.9 Å². The maximum atomic E-state index is 12.4. The molecule has 1 aliphatic heterocycles. The summed E-state index contributed by atoms with van der Waals surface area (Å²) in [4.78, 5) is 25.8. The molecule has 0 radical (unpaired) electrons. The van der Waals surface area contributed by atoms with Crippen LogP contribution in [0.25, 0.3) is 0 Å². The van der Waals surface area contributed by atoms with Crippen molar-refractivity contribution in [1.82, 2.24) is 10.2 Å². The molecular formula is C22H27N3O4S. The first kappa shape index (κ1) is 22.3. The zero-order valence-corrected chi connectivity index (χ0v) is 17.8. The predicted molar refractivity (Wildman–Crippen MR) is 117 cm³/mol. The van der Waals surface area contributed by atoms with Crippen LogP contribution >= 0.6 is 11.8 Å². The van der Waals surface area contributed by atoms with Gasteiger partial charge in [-0.1, -0.05) is 24.3 Å². The van der Waals surface area contributed by atoms with Gasteiger partial charge in [0, 0.05) is 43.2 Å². The number of likely N-dealkylation sites (tertiary alicyclic amines) is 1. The number of amides is 1. The first-order valence-corrected chi connectivity index (χ1v) is 11.0. The van der Waals surface area contributed by atoms with Crippen LogP contribution in [0.2, 0.25) is 0 Å². The zero-order chi connectivity index (χ0) is 21.5. The van der Waals surface area contributed by atoms with Gasteiger partial charge >= 0.3 is 0 Å². The number of thioether (sulfide) groups is 1. The number of non-ortho nitro benzene ring substituents is 1. The van der Waals surface area contributed by atoms with Gasteiger partial charge in [-0.05, 0) is 43.0 Å². The molecule has 1 fully saturated rings. The van der Waals surface area contributed by atoms with Gasteiger partial charge in [0.2, 0.25) is 5.91 Å². The molecule has 0 aromatic heterocycles. The molecule has 0 bridgehead atoms. The van der Waals surface area contributed by atoms with Crippen LogP contribution < -0.4 is 5.32 Å². The average molecular weight is 430 g/mol. The summed E-state index contributed by atoms with van der Waals surface area (Å²) in [6.45, 7) is 5.00. The number of carbonyl (C=O) groups is 1. The molecule has 1 atom stereocenters. The fourth-order valence-electron chi connectivity index (χ4n) is 3.34. The Balaban J connectivity index is 1.44. The van der Waals surface area contributed by atoms with E-state index < -0.39 is 4.92 Å². The standard InChI is InChI=1S/C22H27N3O4S/c1-16(30-21-8-6-19(7-9-21)25(28)29)22(27)23-14-17-2-4-18(5-3-17)15-24-12-10-20(26)11-13-24/h2-9,16,20,26H,10-15H2,1H3,(H,23,27). The number of carbonyl (C=O) groups excluding carboxylic acids is 1. The molecule has 2 aromatic carbocycles. The summed E-state index contributed by atoms with van der Waals surface area (Å²) in [7, 11) is 0. The summed E-state index contributed by atoms with van der Waals surface area (Å²) in [5, 5.41) is 23.0. The van der Waals surface area contributed by atoms with Gasteiger partial charge in [-0.3, -0.25) is 19.8 Å². The fourth-order valence-corrected chi connectivity index (χ4v) is 4.23. The van der Waals surface area contributed by atoms with E-state index in [2.05, 4.69) is 22.3 Å². The van der Waals surface area contributed by atoms with Crippen molar-refractivity contribution in [3.05, 3.63) is 69.8 Å². The van der Waals surface area contributed by atoms with Crippen molar-refractivity contribution in [2.24, 2.45) is 0 Å². The van der Waals surface area contributed by atoms with Gasteiger partial charge in [-0.15, -0.1) is 11.8 Å². The Morgan fingerprint density at radius 2 is 1.77 bits per heavy atom. The van der Waals surface area contributed by atoms with Crippen molar-refractivity contribution >= 4 is 23.4 Å². The maximum absolute atomic E-state index is 12.4. The summed E-state index contributed by atoms with van der Waals surface area (Å²) < 4.78 is 0. The Kier molecular flexibility index (Phi) is 7.84. The first-order chi connectivity index (χ1) is 14.4. The molecule has 3 rings (SSSR count). The molecule has 2 aromatic rings. The highest BCUT2D eigenvalue weighted by molar-refractivity contribution is 8.00. The van der Waals surface area contributed by atoms with Crippen LogP contribution in [0.1, 0.15) is 30.9 Å². The average Bonchev–Trinajstić information content (AvgIpc) is 2.75. The molecule has 0 aliphatic carbocycles. The monoisotopic (exact) mass is 429 g/mol. The van der Waals surface area contributed by atoms with Crippen molar-refractivity contribution in [3.63, 3.8) is 0 Å². The molecule has 2 N–H and O–H groups in total. The molecule has 0 saturated carbocycles. The molecule has 1 heterocycles. The van der Waals surface area contributed by atoms with E-state index in [9.17, 15) is 20.0 Å². The van der Waals surface area contributed by atoms with Crippen LogP contribution in [-0.4, -0.2) is 45.3 Å². The molecule has 7 nitrogen and oxygen atoms in total. The van der Waals surface area contributed by atoms with Gasteiger partial charge < -0.3 is 10.4 Å². The van der Waals surface area contributed by atoms with E-state index >= 15 is 0 Å². The third-order valence-electron chi connectivity index (χ3n) is 5.18. The molecule has 1 amide bonds. The van der Waals surface area contributed by atoms with E-state index in [1.54, 1.807) is 12.1 Å². The Labute approximate surface area is 180 Å². The van der Waals surface area contributed by atoms with Crippen LogP contribution in [0.15, 0.2) is 53.4 Å². The second kappa shape index (κ2) is 10.6. The molecular weight excluding hydrogens is 402 g/mol. The number of aliphatic hydroxyl groups is 1. The predicted octanol–water partition coefficient (Wildman–Crippen LogP) is 3.35. The number of hydrogen-bond acceptors (Lipinski definition) is 6. The summed E-state index contributed by atoms with van der Waals surface area (Å²) in [5.41, 5.74) is 2.30. The van der Waals surface area contributed by atoms with Crippen LogP contribution in [0, 0.1) is 10.1 Å². The lowest BCUT2D eigenvalue weighted by molar-refractivity contribution is -0.384. The Bertz CT molecular complexity index is 850. The third-order valence-corrected chi connectivity index (χ3v) is 6.29. The highest BCUT2D eigenvalue weighted by Gasteiger charge is 2.17.